The van der Waals surface area contributed by atoms with Gasteiger partial charge in [-0.15, -0.1) is 11.8 Å². The summed E-state index contributed by atoms with van der Waals surface area (Å²) in [5, 5.41) is 9.94. The van der Waals surface area contributed by atoms with Gasteiger partial charge in [0.1, 0.15) is 5.82 Å². The van der Waals surface area contributed by atoms with E-state index in [-0.39, 0.29) is 11.6 Å². The second-order valence-electron chi connectivity index (χ2n) is 6.84. The number of fused-ring (bicyclic) bond motifs is 1. The van der Waals surface area contributed by atoms with Crippen LogP contribution in [0.1, 0.15) is 5.56 Å². The topological polar surface area (TPSA) is 104 Å². The van der Waals surface area contributed by atoms with Gasteiger partial charge in [0.15, 0.2) is 0 Å². The van der Waals surface area contributed by atoms with E-state index in [9.17, 15) is 19.1 Å². The predicted molar refractivity (Wildman–Crippen MR) is 120 cm³/mol. The third-order valence-electron chi connectivity index (χ3n) is 4.66. The van der Waals surface area contributed by atoms with Gasteiger partial charge in [-0.1, -0.05) is 17.7 Å². The van der Waals surface area contributed by atoms with Gasteiger partial charge in [-0.25, -0.2) is 9.18 Å². The molecule has 166 valence electrons. The number of thioether (sulfide) groups is 1. The van der Waals surface area contributed by atoms with Crippen molar-refractivity contribution in [3.05, 3.63) is 61.5 Å². The molecule has 10 heteroatoms. The quantitative estimate of drug-likeness (QED) is 0.329. The first-order valence-corrected chi connectivity index (χ1v) is 10.8. The van der Waals surface area contributed by atoms with Crippen molar-refractivity contribution in [2.24, 2.45) is 0 Å². The van der Waals surface area contributed by atoms with Gasteiger partial charge in [0.25, 0.3) is 5.56 Å². The van der Waals surface area contributed by atoms with Gasteiger partial charge in [-0.05, 0) is 36.2 Å². The van der Waals surface area contributed by atoms with Crippen LogP contribution in [0.2, 0.25) is 5.02 Å². The number of aromatic amines is 2. The molecule has 0 radical (unpaired) electrons. The maximum Gasteiger partial charge on any atom is 0.326 e. The van der Waals surface area contributed by atoms with Gasteiger partial charge in [-0.2, -0.15) is 0 Å². The zero-order valence-electron chi connectivity index (χ0n) is 17.0. The molecule has 0 unspecified atom stereocenters. The van der Waals surface area contributed by atoms with Crippen LogP contribution in [0.3, 0.4) is 0 Å². The molecule has 0 aliphatic heterocycles. The van der Waals surface area contributed by atoms with Crippen molar-refractivity contribution in [1.82, 2.24) is 9.97 Å². The molecule has 0 bridgehead atoms. The molecule has 0 spiro atoms. The van der Waals surface area contributed by atoms with Gasteiger partial charge in [-0.3, -0.25) is 9.78 Å². The van der Waals surface area contributed by atoms with Gasteiger partial charge >= 0.3 is 5.69 Å². The monoisotopic (exact) mass is 468 g/mol. The summed E-state index contributed by atoms with van der Waals surface area (Å²) in [5.41, 5.74) is 1.29. The molecule has 0 aliphatic carbocycles. The third-order valence-corrected chi connectivity index (χ3v) is 6.18. The van der Waals surface area contributed by atoms with Crippen molar-refractivity contribution in [1.29, 1.82) is 0 Å². The molecule has 3 rings (SSSR count). The Kier molecular flexibility index (Phi) is 7.90. The SMILES string of the molecule is COCCO[C@H](CO)CSc1c(-c2ccc(F)c(Cl)c2)c(C)cc2c(=O)[nH]c(=O)[nH]c12. The van der Waals surface area contributed by atoms with E-state index in [1.165, 1.54) is 23.9 Å². The number of ether oxygens (including phenoxy) is 2. The molecule has 1 aromatic heterocycles. The highest BCUT2D eigenvalue weighted by Crippen LogP contribution is 2.39. The van der Waals surface area contributed by atoms with Crippen LogP contribution in [0.15, 0.2) is 38.8 Å². The minimum absolute atomic E-state index is 0.0384. The summed E-state index contributed by atoms with van der Waals surface area (Å²) >= 11 is 7.32. The average Bonchev–Trinajstić information content (AvgIpc) is 2.73. The summed E-state index contributed by atoms with van der Waals surface area (Å²) in [6, 6.07) is 6.02. The minimum Gasteiger partial charge on any atom is -0.394 e. The molecule has 0 saturated carbocycles. The summed E-state index contributed by atoms with van der Waals surface area (Å²) in [5.74, 6) is -0.204. The summed E-state index contributed by atoms with van der Waals surface area (Å²) in [6.07, 6.45) is -0.492. The Hall–Kier alpha value is -2.17. The minimum atomic E-state index is -0.638. The lowest BCUT2D eigenvalue weighted by molar-refractivity contribution is 0.00140. The van der Waals surface area contributed by atoms with Crippen LogP contribution in [0, 0.1) is 12.7 Å². The normalized spacial score (nSPS) is 12.4. The number of methoxy groups -OCH3 is 1. The first kappa shape index (κ1) is 23.5. The Morgan fingerprint density at radius 2 is 2.00 bits per heavy atom. The Morgan fingerprint density at radius 3 is 2.68 bits per heavy atom. The molecule has 7 nitrogen and oxygen atoms in total. The number of aliphatic hydroxyl groups is 1. The van der Waals surface area contributed by atoms with Crippen molar-refractivity contribution in [3.63, 3.8) is 0 Å². The van der Waals surface area contributed by atoms with Crippen LogP contribution in [-0.2, 0) is 9.47 Å². The van der Waals surface area contributed by atoms with Gasteiger partial charge < -0.3 is 19.6 Å². The molecule has 3 N–H and O–H groups in total. The predicted octanol–water partition coefficient (Wildman–Crippen LogP) is 3.10. The van der Waals surface area contributed by atoms with Crippen molar-refractivity contribution in [2.75, 3.05) is 32.7 Å². The Balaban J connectivity index is 2.14. The zero-order chi connectivity index (χ0) is 22.5. The first-order valence-electron chi connectivity index (χ1n) is 9.45. The van der Waals surface area contributed by atoms with Crippen LogP contribution >= 0.6 is 23.4 Å². The number of benzene rings is 2. The number of hydrogen-bond acceptors (Lipinski definition) is 6. The summed E-state index contributed by atoms with van der Waals surface area (Å²) in [4.78, 5) is 29.9. The Morgan fingerprint density at radius 1 is 1.23 bits per heavy atom. The van der Waals surface area contributed by atoms with E-state index in [0.717, 1.165) is 5.56 Å². The highest BCUT2D eigenvalue weighted by atomic mass is 35.5. The molecule has 2 aromatic carbocycles. The standard InChI is InChI=1S/C21H22ClFN2O5S/c1-11-7-14-18(24-21(28)25-20(14)27)19(31-10-13(9-26)30-6-5-29-2)17(11)12-3-4-16(23)15(22)8-12/h3-4,7-8,13,26H,5-6,9-10H2,1-2H3,(H2,24,25,27,28)/t13-/m1/s1. The molecule has 31 heavy (non-hydrogen) atoms. The fourth-order valence-electron chi connectivity index (χ4n) is 3.19. The molecule has 0 aliphatic rings. The molecule has 0 saturated heterocycles. The van der Waals surface area contributed by atoms with Crippen molar-refractivity contribution >= 4 is 34.3 Å². The number of aromatic nitrogens is 2. The van der Waals surface area contributed by atoms with Crippen molar-refractivity contribution < 1.29 is 19.0 Å². The Labute approximate surface area is 186 Å². The van der Waals surface area contributed by atoms with Gasteiger partial charge in [0, 0.05) is 23.3 Å². The number of nitrogens with one attached hydrogen (secondary N) is 2. The number of halogens is 2. The summed E-state index contributed by atoms with van der Waals surface area (Å²) in [6.45, 7) is 2.30. The fourth-order valence-corrected chi connectivity index (χ4v) is 4.65. The van der Waals surface area contributed by atoms with Crippen LogP contribution in [0.4, 0.5) is 4.39 Å². The molecule has 1 atom stereocenters. The van der Waals surface area contributed by atoms with E-state index in [1.807, 2.05) is 6.92 Å². The maximum atomic E-state index is 13.7. The highest BCUT2D eigenvalue weighted by Gasteiger charge is 2.19. The molecular formula is C21H22ClFN2O5S. The van der Waals surface area contributed by atoms with E-state index in [0.29, 0.717) is 45.9 Å². The van der Waals surface area contributed by atoms with Crippen LogP contribution in [-0.4, -0.2) is 53.9 Å². The molecular weight excluding hydrogens is 447 g/mol. The first-order chi connectivity index (χ1) is 14.8. The number of aliphatic hydroxyl groups excluding tert-OH is 1. The van der Waals surface area contributed by atoms with Crippen LogP contribution in [0.5, 0.6) is 0 Å². The Bertz CT molecular complexity index is 1200. The number of H-pyrrole nitrogens is 2. The lowest BCUT2D eigenvalue weighted by Gasteiger charge is -2.19. The fraction of sp³-hybridized carbons (Fsp3) is 0.333. The third kappa shape index (κ3) is 5.36. The van der Waals surface area contributed by atoms with E-state index in [1.54, 1.807) is 19.2 Å². The van der Waals surface area contributed by atoms with Crippen molar-refractivity contribution in [2.45, 2.75) is 17.9 Å². The number of rotatable bonds is 9. The highest BCUT2D eigenvalue weighted by molar-refractivity contribution is 7.99. The van der Waals surface area contributed by atoms with Gasteiger partial charge in [0.2, 0.25) is 0 Å². The summed E-state index contributed by atoms with van der Waals surface area (Å²) in [7, 11) is 1.55. The molecule has 3 aromatic rings. The second kappa shape index (κ2) is 10.4. The maximum absolute atomic E-state index is 13.7. The van der Waals surface area contributed by atoms with E-state index in [2.05, 4.69) is 9.97 Å². The number of hydrogen-bond donors (Lipinski definition) is 3. The lowest BCUT2D eigenvalue weighted by atomic mass is 9.98. The number of aryl methyl sites for hydroxylation is 1. The van der Waals surface area contributed by atoms with Gasteiger partial charge in [0.05, 0.1) is 41.9 Å². The molecule has 0 amide bonds. The molecule has 1 heterocycles. The van der Waals surface area contributed by atoms with Crippen LogP contribution in [0.25, 0.3) is 22.0 Å². The van der Waals surface area contributed by atoms with E-state index < -0.39 is 23.2 Å². The second-order valence-corrected chi connectivity index (χ2v) is 8.27. The molecule has 0 fully saturated rings. The zero-order valence-corrected chi connectivity index (χ0v) is 18.5. The lowest BCUT2D eigenvalue weighted by Crippen LogP contribution is -2.24. The van der Waals surface area contributed by atoms with E-state index in [4.69, 9.17) is 21.1 Å². The largest absolute Gasteiger partial charge is 0.394 e. The van der Waals surface area contributed by atoms with Crippen LogP contribution < -0.4 is 11.2 Å². The van der Waals surface area contributed by atoms with Crippen molar-refractivity contribution in [3.8, 4) is 11.1 Å². The average molecular weight is 469 g/mol. The summed E-state index contributed by atoms with van der Waals surface area (Å²) < 4.78 is 24.3. The smallest absolute Gasteiger partial charge is 0.326 e. The van der Waals surface area contributed by atoms with E-state index >= 15 is 0 Å².